The van der Waals surface area contributed by atoms with Crippen molar-refractivity contribution in [2.75, 3.05) is 31.3 Å². The van der Waals surface area contributed by atoms with Crippen LogP contribution in [-0.2, 0) is 12.7 Å². The van der Waals surface area contributed by atoms with Crippen molar-refractivity contribution in [1.82, 2.24) is 24.8 Å². The first kappa shape index (κ1) is 17.3. The first-order chi connectivity index (χ1) is 21.2. The van der Waals surface area contributed by atoms with Gasteiger partial charge in [0.25, 0.3) is 5.91 Å². The SMILES string of the molecule is [2H]C1([2H])NC([2H])([2H])C([2H])([2H])N(Cc2ccc(NC(=O)c3ccc(C)c(C#Cc4cnc5cccnn45)c3)cc2C(F)(F)F)C1([2H])[2H]. The summed E-state index contributed by atoms with van der Waals surface area (Å²) in [6.45, 7) is -12.3. The van der Waals surface area contributed by atoms with Crippen molar-refractivity contribution in [2.45, 2.75) is 19.6 Å². The van der Waals surface area contributed by atoms with Gasteiger partial charge in [-0.05, 0) is 60.4 Å². The van der Waals surface area contributed by atoms with Crippen LogP contribution in [-0.4, -0.2) is 51.4 Å². The average Bonchev–Trinajstić information content (AvgIpc) is 3.37. The van der Waals surface area contributed by atoms with Gasteiger partial charge in [0.05, 0.1) is 11.8 Å². The number of aromatic nitrogens is 3. The summed E-state index contributed by atoms with van der Waals surface area (Å²) in [4.78, 5) is 17.4. The van der Waals surface area contributed by atoms with Crippen molar-refractivity contribution < 1.29 is 28.9 Å². The van der Waals surface area contributed by atoms with Crippen LogP contribution in [0.4, 0.5) is 18.9 Å². The maximum absolute atomic E-state index is 14.2. The van der Waals surface area contributed by atoms with Gasteiger partial charge in [0.15, 0.2) is 5.65 Å². The number of hydrogen-bond acceptors (Lipinski definition) is 5. The fraction of sp³-hybridized carbons (Fsp3) is 0.250. The van der Waals surface area contributed by atoms with E-state index in [0.29, 0.717) is 23.0 Å². The first-order valence-electron chi connectivity index (χ1n) is 15.2. The summed E-state index contributed by atoms with van der Waals surface area (Å²) in [5.74, 6) is 5.16. The molecule has 0 radical (unpaired) electrons. The molecule has 0 atom stereocenters. The zero-order chi connectivity index (χ0) is 33.9. The van der Waals surface area contributed by atoms with Crippen LogP contribution in [0.2, 0.25) is 0 Å². The topological polar surface area (TPSA) is 74.6 Å². The van der Waals surface area contributed by atoms with E-state index in [0.717, 1.165) is 17.7 Å². The molecule has 1 aliphatic heterocycles. The molecular formula is C28H25F3N6O. The molecule has 0 unspecified atom stereocenters. The zero-order valence-electron chi connectivity index (χ0n) is 27.8. The van der Waals surface area contributed by atoms with Gasteiger partial charge >= 0.3 is 6.18 Å². The number of rotatable bonds is 4. The van der Waals surface area contributed by atoms with Crippen molar-refractivity contribution in [3.63, 3.8) is 0 Å². The molecule has 0 bridgehead atoms. The molecule has 3 heterocycles. The van der Waals surface area contributed by atoms with Gasteiger partial charge in [-0.1, -0.05) is 18.1 Å². The second-order valence-electron chi connectivity index (χ2n) is 8.23. The van der Waals surface area contributed by atoms with Gasteiger partial charge < -0.3 is 10.6 Å². The van der Waals surface area contributed by atoms with Crippen LogP contribution in [0.1, 0.15) is 49.3 Å². The second kappa shape index (κ2) is 10.7. The molecule has 0 spiro atoms. The monoisotopic (exact) mass is 526 g/mol. The van der Waals surface area contributed by atoms with E-state index in [1.807, 2.05) is 0 Å². The van der Waals surface area contributed by atoms with Crippen LogP contribution in [0.3, 0.4) is 0 Å². The molecule has 7 nitrogen and oxygen atoms in total. The molecule has 1 saturated heterocycles. The normalized spacial score (nSPS) is 22.6. The summed E-state index contributed by atoms with van der Waals surface area (Å²) in [5.41, 5.74) is 0.0979. The van der Waals surface area contributed by atoms with Crippen molar-refractivity contribution in [3.8, 4) is 11.8 Å². The number of alkyl halides is 3. The summed E-state index contributed by atoms with van der Waals surface area (Å²) in [7, 11) is 0. The van der Waals surface area contributed by atoms with Crippen molar-refractivity contribution in [2.24, 2.45) is 0 Å². The minimum absolute atomic E-state index is 0.0804. The molecule has 2 aromatic carbocycles. The van der Waals surface area contributed by atoms with Gasteiger partial charge in [0.1, 0.15) is 5.69 Å². The number of fused-ring (bicyclic) bond motifs is 1. The van der Waals surface area contributed by atoms with Crippen LogP contribution >= 0.6 is 0 Å². The molecule has 5 rings (SSSR count). The highest BCUT2D eigenvalue weighted by Crippen LogP contribution is 2.34. The zero-order valence-corrected chi connectivity index (χ0v) is 19.8. The fourth-order valence-electron chi connectivity index (χ4n) is 3.70. The minimum Gasteiger partial charge on any atom is -0.322 e. The molecule has 1 amide bonds. The predicted octanol–water partition coefficient (Wildman–Crippen LogP) is 4.11. The molecule has 0 saturated carbocycles. The number of amides is 1. The smallest absolute Gasteiger partial charge is 0.322 e. The number of piperazine rings is 1. The molecule has 4 aromatic rings. The molecule has 2 aromatic heterocycles. The lowest BCUT2D eigenvalue weighted by atomic mass is 10.0. The molecule has 0 aliphatic carbocycles. The van der Waals surface area contributed by atoms with E-state index in [1.165, 1.54) is 16.6 Å². The summed E-state index contributed by atoms with van der Waals surface area (Å²) in [6, 6.07) is 10.7. The molecule has 1 fully saturated rings. The Labute approximate surface area is 228 Å². The molecular weight excluding hydrogens is 493 g/mol. The number of aryl methyl sites for hydroxylation is 1. The number of benzene rings is 2. The van der Waals surface area contributed by atoms with E-state index in [2.05, 4.69) is 27.2 Å². The predicted molar refractivity (Wildman–Crippen MR) is 138 cm³/mol. The number of anilines is 1. The Balaban J connectivity index is 1.43. The van der Waals surface area contributed by atoms with E-state index in [1.54, 1.807) is 42.8 Å². The van der Waals surface area contributed by atoms with Crippen LogP contribution < -0.4 is 10.6 Å². The van der Waals surface area contributed by atoms with Crippen LogP contribution in [0.25, 0.3) is 5.65 Å². The van der Waals surface area contributed by atoms with Crippen LogP contribution in [0.5, 0.6) is 0 Å². The van der Waals surface area contributed by atoms with Crippen molar-refractivity contribution in [3.05, 3.63) is 94.4 Å². The van der Waals surface area contributed by atoms with E-state index < -0.39 is 55.7 Å². The van der Waals surface area contributed by atoms with Gasteiger partial charge in [0.2, 0.25) is 0 Å². The van der Waals surface area contributed by atoms with E-state index in [9.17, 15) is 18.0 Å². The van der Waals surface area contributed by atoms with Gasteiger partial charge in [-0.2, -0.15) is 18.3 Å². The third-order valence-electron chi connectivity index (χ3n) is 5.61. The highest BCUT2D eigenvalue weighted by atomic mass is 19.4. The number of halogens is 3. The second-order valence-corrected chi connectivity index (χ2v) is 8.23. The first-order valence-corrected chi connectivity index (χ1v) is 11.2. The van der Waals surface area contributed by atoms with Gasteiger partial charge in [0, 0.05) is 66.5 Å². The van der Waals surface area contributed by atoms with Crippen molar-refractivity contribution >= 4 is 17.2 Å². The summed E-state index contributed by atoms with van der Waals surface area (Å²) >= 11 is 0. The van der Waals surface area contributed by atoms with Gasteiger partial charge in [-0.15, -0.1) is 0 Å². The maximum Gasteiger partial charge on any atom is 0.416 e. The third kappa shape index (κ3) is 5.69. The number of carbonyl (C=O) groups is 1. The Kier molecular flexibility index (Phi) is 4.86. The van der Waals surface area contributed by atoms with Gasteiger partial charge in [-0.3, -0.25) is 9.69 Å². The summed E-state index contributed by atoms with van der Waals surface area (Å²) in [6.07, 6.45) is -1.94. The minimum atomic E-state index is -5.05. The van der Waals surface area contributed by atoms with Gasteiger partial charge in [-0.25, -0.2) is 9.50 Å². The quantitative estimate of drug-likeness (QED) is 0.392. The number of nitrogens with one attached hydrogen (secondary N) is 2. The summed E-state index contributed by atoms with van der Waals surface area (Å²) in [5, 5.41) is 8.23. The number of imidazole rings is 1. The average molecular weight is 527 g/mol. The standard InChI is InChI=1S/C28H25F3N6O/c1-19-4-5-21(15-20(19)7-9-24-17-33-26-3-2-10-34-37(24)26)27(38)35-23-8-6-22(25(16-23)28(29,30)31)18-36-13-11-32-12-14-36/h2-6,8,10,15-17,32H,11-14,18H2,1H3,(H,35,38)/i11D2,12D2,13D2,14D2. The van der Waals surface area contributed by atoms with E-state index >= 15 is 0 Å². The molecule has 10 heteroatoms. The van der Waals surface area contributed by atoms with Crippen molar-refractivity contribution in [1.29, 1.82) is 0 Å². The lowest BCUT2D eigenvalue weighted by molar-refractivity contribution is -0.138. The highest BCUT2D eigenvalue weighted by Gasteiger charge is 2.34. The Hall–Kier alpha value is -4.20. The Morgan fingerprint density at radius 2 is 1.97 bits per heavy atom. The summed E-state index contributed by atoms with van der Waals surface area (Å²) < 4.78 is 108. The lowest BCUT2D eigenvalue weighted by Crippen LogP contribution is -2.43. The largest absolute Gasteiger partial charge is 0.416 e. The third-order valence-corrected chi connectivity index (χ3v) is 5.61. The van der Waals surface area contributed by atoms with E-state index in [-0.39, 0.29) is 16.2 Å². The molecule has 1 aliphatic rings. The number of hydrogen-bond donors (Lipinski definition) is 2. The fourth-order valence-corrected chi connectivity index (χ4v) is 3.70. The molecule has 2 N–H and O–H groups in total. The number of nitrogens with zero attached hydrogens (tertiary/aromatic N) is 4. The Morgan fingerprint density at radius 3 is 2.76 bits per heavy atom. The Morgan fingerprint density at radius 1 is 1.16 bits per heavy atom. The van der Waals surface area contributed by atoms with E-state index in [4.69, 9.17) is 11.0 Å². The lowest BCUT2D eigenvalue weighted by Gasteiger charge is -2.28. The van der Waals surface area contributed by atoms with Crippen LogP contribution in [0, 0.1) is 18.8 Å². The molecule has 38 heavy (non-hydrogen) atoms. The maximum atomic E-state index is 14.2. The number of carbonyl (C=O) groups excluding carboxylic acids is 1. The molecule has 194 valence electrons. The van der Waals surface area contributed by atoms with Crippen LogP contribution in [0.15, 0.2) is 60.9 Å². The highest BCUT2D eigenvalue weighted by molar-refractivity contribution is 6.04. The Bertz CT molecular complexity index is 1880.